The van der Waals surface area contributed by atoms with Crippen molar-refractivity contribution in [3.8, 4) is 5.75 Å². The summed E-state index contributed by atoms with van der Waals surface area (Å²) in [5.41, 5.74) is 0.766. The van der Waals surface area contributed by atoms with Gasteiger partial charge >= 0.3 is 0 Å². The summed E-state index contributed by atoms with van der Waals surface area (Å²) in [6.07, 6.45) is -14.3. The Hall–Kier alpha value is -1.53. The SMILES string of the molecule is Cc1ncc(COC2OC(CO)C(OC3OC(CO)C(O)C(O)C3O)C(O)C2O)c(CO)c1O. The molecule has 0 aromatic carbocycles. The number of aromatic hydroxyl groups is 1. The van der Waals surface area contributed by atoms with Crippen molar-refractivity contribution in [2.75, 3.05) is 13.2 Å². The number of hydrogen-bond donors (Lipinski definition) is 9. The van der Waals surface area contributed by atoms with Crippen molar-refractivity contribution in [1.29, 1.82) is 0 Å². The molecule has 1 aromatic heterocycles. The Kier molecular flexibility index (Phi) is 9.13. The molecule has 0 aliphatic carbocycles. The molecule has 0 saturated carbocycles. The maximum Gasteiger partial charge on any atom is 0.187 e. The van der Waals surface area contributed by atoms with Gasteiger partial charge in [0.15, 0.2) is 12.6 Å². The third kappa shape index (κ3) is 5.33. The summed E-state index contributed by atoms with van der Waals surface area (Å²) < 4.78 is 21.7. The van der Waals surface area contributed by atoms with Gasteiger partial charge in [0.05, 0.1) is 32.1 Å². The van der Waals surface area contributed by atoms with E-state index in [4.69, 9.17) is 18.9 Å². The summed E-state index contributed by atoms with van der Waals surface area (Å²) >= 11 is 0. The van der Waals surface area contributed by atoms with Crippen LogP contribution in [0.25, 0.3) is 0 Å². The fraction of sp³-hybridized carbons (Fsp3) is 0.750. The number of aliphatic hydroxyl groups is 8. The number of hydrogen-bond acceptors (Lipinski definition) is 14. The number of aliphatic hydroxyl groups excluding tert-OH is 8. The highest BCUT2D eigenvalue weighted by atomic mass is 16.7. The number of aryl methyl sites for hydroxylation is 1. The quantitative estimate of drug-likeness (QED) is 0.167. The molecule has 14 nitrogen and oxygen atoms in total. The Labute approximate surface area is 194 Å². The highest BCUT2D eigenvalue weighted by molar-refractivity contribution is 5.39. The van der Waals surface area contributed by atoms with Gasteiger partial charge in [-0.15, -0.1) is 0 Å². The highest BCUT2D eigenvalue weighted by Gasteiger charge is 2.50. The third-order valence-corrected chi connectivity index (χ3v) is 5.95. The van der Waals surface area contributed by atoms with Gasteiger partial charge in [-0.3, -0.25) is 4.98 Å². The Balaban J connectivity index is 1.69. The molecule has 2 aliphatic rings. The normalized spacial score (nSPS) is 38.7. The Morgan fingerprint density at radius 1 is 0.853 bits per heavy atom. The van der Waals surface area contributed by atoms with Crippen LogP contribution >= 0.6 is 0 Å². The van der Waals surface area contributed by atoms with Gasteiger partial charge in [-0.25, -0.2) is 0 Å². The van der Waals surface area contributed by atoms with Gasteiger partial charge in [0.1, 0.15) is 54.6 Å². The monoisotopic (exact) mass is 493 g/mol. The summed E-state index contributed by atoms with van der Waals surface area (Å²) in [4.78, 5) is 3.98. The number of rotatable bonds is 8. The van der Waals surface area contributed by atoms with Crippen LogP contribution in [0.2, 0.25) is 0 Å². The van der Waals surface area contributed by atoms with E-state index in [-0.39, 0.29) is 17.9 Å². The predicted octanol–water partition coefficient (Wildman–Crippen LogP) is -4.27. The van der Waals surface area contributed by atoms with Gasteiger partial charge in [-0.2, -0.15) is 0 Å². The molecule has 1 aromatic rings. The minimum atomic E-state index is -1.77. The molecule has 0 spiro atoms. The molecule has 3 rings (SSSR count). The van der Waals surface area contributed by atoms with Gasteiger partial charge < -0.3 is 64.9 Å². The minimum Gasteiger partial charge on any atom is -0.506 e. The molecule has 2 aliphatic heterocycles. The second-order valence-corrected chi connectivity index (χ2v) is 8.17. The second kappa shape index (κ2) is 11.5. The van der Waals surface area contributed by atoms with E-state index in [9.17, 15) is 46.0 Å². The minimum absolute atomic E-state index is 0.167. The average Bonchev–Trinajstić information content (AvgIpc) is 2.83. The molecule has 14 heteroatoms. The Bertz CT molecular complexity index is 809. The first-order chi connectivity index (χ1) is 16.1. The van der Waals surface area contributed by atoms with Crippen molar-refractivity contribution in [2.24, 2.45) is 0 Å². The lowest BCUT2D eigenvalue weighted by molar-refractivity contribution is -0.360. The number of aromatic nitrogens is 1. The zero-order chi connectivity index (χ0) is 25.2. The molecule has 194 valence electrons. The molecule has 2 saturated heterocycles. The summed E-state index contributed by atoms with van der Waals surface area (Å²) in [7, 11) is 0. The lowest BCUT2D eigenvalue weighted by atomic mass is 9.97. The smallest absolute Gasteiger partial charge is 0.187 e. The highest BCUT2D eigenvalue weighted by Crippen LogP contribution is 2.30. The van der Waals surface area contributed by atoms with Crippen LogP contribution in [0.3, 0.4) is 0 Å². The largest absolute Gasteiger partial charge is 0.506 e. The van der Waals surface area contributed by atoms with Gasteiger partial charge in [-0.1, -0.05) is 0 Å². The second-order valence-electron chi connectivity index (χ2n) is 8.17. The Morgan fingerprint density at radius 3 is 2.09 bits per heavy atom. The Morgan fingerprint density at radius 2 is 1.47 bits per heavy atom. The molecule has 10 unspecified atom stereocenters. The van der Waals surface area contributed by atoms with E-state index >= 15 is 0 Å². The van der Waals surface area contributed by atoms with E-state index in [0.29, 0.717) is 11.3 Å². The standard InChI is InChI=1S/C20H31NO13/c1-7-12(25)9(3-22)8(2-21-7)6-31-19-17(30)15(28)18(11(5-24)33-19)34-20-16(29)14(27)13(26)10(4-23)32-20/h2,10-11,13-20,22-30H,3-6H2,1H3. The summed E-state index contributed by atoms with van der Waals surface area (Å²) in [5.74, 6) is -0.213. The van der Waals surface area contributed by atoms with E-state index in [2.05, 4.69) is 4.98 Å². The fourth-order valence-electron chi connectivity index (χ4n) is 3.85. The van der Waals surface area contributed by atoms with Crippen molar-refractivity contribution < 1.29 is 64.9 Å². The summed E-state index contributed by atoms with van der Waals surface area (Å²) in [6, 6.07) is 0. The van der Waals surface area contributed by atoms with E-state index in [1.165, 1.54) is 6.20 Å². The number of pyridine rings is 1. The zero-order valence-corrected chi connectivity index (χ0v) is 18.3. The first kappa shape index (κ1) is 27.1. The maximum absolute atomic E-state index is 10.6. The molecule has 0 amide bonds. The molecule has 34 heavy (non-hydrogen) atoms. The van der Waals surface area contributed by atoms with Crippen LogP contribution in [-0.2, 0) is 32.2 Å². The molecule has 3 heterocycles. The van der Waals surface area contributed by atoms with Crippen LogP contribution in [0.1, 0.15) is 16.8 Å². The van der Waals surface area contributed by atoms with Gasteiger partial charge in [0, 0.05) is 17.3 Å². The first-order valence-electron chi connectivity index (χ1n) is 10.6. The van der Waals surface area contributed by atoms with Crippen LogP contribution < -0.4 is 0 Å². The van der Waals surface area contributed by atoms with Crippen molar-refractivity contribution >= 4 is 0 Å². The molecule has 2 fully saturated rings. The molecular weight excluding hydrogens is 462 g/mol. The molecular formula is C20H31NO13. The third-order valence-electron chi connectivity index (χ3n) is 5.95. The fourth-order valence-corrected chi connectivity index (χ4v) is 3.85. The van der Waals surface area contributed by atoms with Crippen molar-refractivity contribution in [1.82, 2.24) is 4.98 Å². The van der Waals surface area contributed by atoms with Crippen LogP contribution in [0.5, 0.6) is 5.75 Å². The predicted molar refractivity (Wildman–Crippen MR) is 108 cm³/mol. The summed E-state index contributed by atoms with van der Waals surface area (Å²) in [5, 5.41) is 89.7. The van der Waals surface area contributed by atoms with E-state index in [0.717, 1.165) is 0 Å². The number of ether oxygens (including phenoxy) is 4. The zero-order valence-electron chi connectivity index (χ0n) is 18.3. The van der Waals surface area contributed by atoms with E-state index in [1.807, 2.05) is 0 Å². The van der Waals surface area contributed by atoms with Gasteiger partial charge in [0.2, 0.25) is 0 Å². The van der Waals surface area contributed by atoms with Crippen molar-refractivity contribution in [3.05, 3.63) is 23.0 Å². The number of nitrogens with zero attached hydrogens (tertiary/aromatic N) is 1. The van der Waals surface area contributed by atoms with Crippen LogP contribution in [0, 0.1) is 6.92 Å². The maximum atomic E-state index is 10.6. The van der Waals surface area contributed by atoms with Crippen molar-refractivity contribution in [2.45, 2.75) is 81.5 Å². The van der Waals surface area contributed by atoms with Gasteiger partial charge in [0.25, 0.3) is 0 Å². The summed E-state index contributed by atoms with van der Waals surface area (Å²) in [6.45, 7) is -0.637. The molecule has 10 atom stereocenters. The van der Waals surface area contributed by atoms with Crippen LogP contribution in [-0.4, -0.2) is 126 Å². The lowest BCUT2D eigenvalue weighted by Crippen LogP contribution is -2.64. The van der Waals surface area contributed by atoms with E-state index in [1.54, 1.807) is 6.92 Å². The first-order valence-corrected chi connectivity index (χ1v) is 10.6. The van der Waals surface area contributed by atoms with Crippen LogP contribution in [0.4, 0.5) is 0 Å². The van der Waals surface area contributed by atoms with Crippen LogP contribution in [0.15, 0.2) is 6.20 Å². The lowest BCUT2D eigenvalue weighted by Gasteiger charge is -2.45. The molecule has 0 bridgehead atoms. The van der Waals surface area contributed by atoms with Gasteiger partial charge in [-0.05, 0) is 6.92 Å². The van der Waals surface area contributed by atoms with E-state index < -0.39 is 81.2 Å². The molecule has 0 radical (unpaired) electrons. The topological polar surface area (TPSA) is 232 Å². The molecule has 9 N–H and O–H groups in total. The average molecular weight is 493 g/mol. The van der Waals surface area contributed by atoms with Crippen molar-refractivity contribution in [3.63, 3.8) is 0 Å².